The molecular formula is C11H9ClN2O. The number of nitrogens with zero attached hydrogens (tertiary/aromatic N) is 1. The summed E-state index contributed by atoms with van der Waals surface area (Å²) in [5.41, 5.74) is 1.02. The lowest BCUT2D eigenvalue weighted by atomic mass is 10.2. The van der Waals surface area contributed by atoms with Gasteiger partial charge in [0.05, 0.1) is 0 Å². The zero-order valence-corrected chi connectivity index (χ0v) is 8.88. The van der Waals surface area contributed by atoms with Crippen LogP contribution in [0.4, 0.5) is 0 Å². The molecule has 0 fully saturated rings. The average molecular weight is 221 g/mol. The van der Waals surface area contributed by atoms with Gasteiger partial charge in [0, 0.05) is 11.9 Å². The molecule has 0 aromatic heterocycles. The lowest BCUT2D eigenvalue weighted by Gasteiger charge is -1.99. The highest BCUT2D eigenvalue weighted by atomic mass is 35.5. The Balaban J connectivity index is 2.89. The van der Waals surface area contributed by atoms with Crippen LogP contribution < -0.4 is 5.32 Å². The molecule has 3 nitrogen and oxygen atoms in total. The molecule has 15 heavy (non-hydrogen) atoms. The van der Waals surface area contributed by atoms with Crippen LogP contribution in [0, 0.1) is 11.3 Å². The summed E-state index contributed by atoms with van der Waals surface area (Å²) in [5.74, 6) is -0.267. The molecule has 1 rings (SSSR count). The van der Waals surface area contributed by atoms with E-state index in [1.165, 1.54) is 6.92 Å². The summed E-state index contributed by atoms with van der Waals surface area (Å²) in [6.07, 6.45) is 1.58. The second-order valence-electron chi connectivity index (χ2n) is 2.90. The molecule has 4 heteroatoms. The molecule has 0 aliphatic rings. The molecule has 0 saturated carbocycles. The predicted octanol–water partition coefficient (Wildman–Crippen LogP) is 2.34. The van der Waals surface area contributed by atoms with Crippen molar-refractivity contribution in [1.82, 2.24) is 5.32 Å². The zero-order valence-electron chi connectivity index (χ0n) is 8.12. The number of hydrogen-bond acceptors (Lipinski definition) is 2. The van der Waals surface area contributed by atoms with Crippen LogP contribution in [0.5, 0.6) is 0 Å². The van der Waals surface area contributed by atoms with Gasteiger partial charge in [-0.3, -0.25) is 4.79 Å². The first-order valence-electron chi connectivity index (χ1n) is 4.27. The van der Waals surface area contributed by atoms with Crippen LogP contribution in [-0.4, -0.2) is 5.91 Å². The molecule has 1 amide bonds. The van der Waals surface area contributed by atoms with E-state index in [1.54, 1.807) is 30.3 Å². The van der Waals surface area contributed by atoms with Crippen LogP contribution in [0.3, 0.4) is 0 Å². The summed E-state index contributed by atoms with van der Waals surface area (Å²) in [5, 5.41) is 11.8. The number of nitrogens with one attached hydrogen (secondary N) is 1. The van der Waals surface area contributed by atoms with Crippen LogP contribution in [0.15, 0.2) is 30.0 Å². The number of halogens is 1. The maximum Gasteiger partial charge on any atom is 0.221 e. The number of carbonyl (C=O) groups excluding carboxylic acids is 1. The quantitative estimate of drug-likeness (QED) is 0.778. The third kappa shape index (κ3) is 3.84. The Morgan fingerprint density at radius 2 is 2.07 bits per heavy atom. The van der Waals surface area contributed by atoms with E-state index in [4.69, 9.17) is 16.9 Å². The number of nitriles is 1. The van der Waals surface area contributed by atoms with Gasteiger partial charge in [-0.1, -0.05) is 23.7 Å². The number of allylic oxidation sites excluding steroid dienone is 1. The lowest BCUT2D eigenvalue weighted by molar-refractivity contribution is -0.118. The molecule has 0 unspecified atom stereocenters. The fourth-order valence-electron chi connectivity index (χ4n) is 1.01. The minimum atomic E-state index is -0.267. The maximum absolute atomic E-state index is 10.7. The van der Waals surface area contributed by atoms with Crippen molar-refractivity contribution in [2.45, 2.75) is 6.92 Å². The van der Waals surface area contributed by atoms with Crippen LogP contribution in [0.1, 0.15) is 12.5 Å². The number of carbonyl (C=O) groups is 1. The molecule has 0 saturated heterocycles. The van der Waals surface area contributed by atoms with E-state index < -0.39 is 0 Å². The summed E-state index contributed by atoms with van der Waals surface area (Å²) in [6.45, 7) is 1.35. The Bertz CT molecular complexity index is 429. The van der Waals surface area contributed by atoms with Crippen molar-refractivity contribution in [3.8, 4) is 6.07 Å². The largest absolute Gasteiger partial charge is 0.318 e. The molecule has 0 atom stereocenters. The molecule has 76 valence electrons. The standard InChI is InChI=1S/C11H9ClN2O/c1-8(15)14-11(7-13)6-9-2-4-10(12)5-3-9/h2-6H,1H3,(H,14,15)/b11-6+. The van der Waals surface area contributed by atoms with Crippen molar-refractivity contribution in [3.63, 3.8) is 0 Å². The van der Waals surface area contributed by atoms with Gasteiger partial charge in [-0.15, -0.1) is 0 Å². The van der Waals surface area contributed by atoms with E-state index in [1.807, 2.05) is 6.07 Å². The number of benzene rings is 1. The van der Waals surface area contributed by atoms with Gasteiger partial charge in [0.15, 0.2) is 0 Å². The zero-order chi connectivity index (χ0) is 11.3. The van der Waals surface area contributed by atoms with Crippen LogP contribution in [0.2, 0.25) is 5.02 Å². The molecule has 1 aromatic rings. The summed E-state index contributed by atoms with van der Waals surface area (Å²) >= 11 is 5.71. The molecule has 1 aromatic carbocycles. The summed E-state index contributed by atoms with van der Waals surface area (Å²) in [7, 11) is 0. The summed E-state index contributed by atoms with van der Waals surface area (Å²) < 4.78 is 0. The van der Waals surface area contributed by atoms with E-state index in [9.17, 15) is 4.79 Å². The first kappa shape index (κ1) is 11.3. The lowest BCUT2D eigenvalue weighted by Crippen LogP contribution is -2.17. The first-order chi connectivity index (χ1) is 7.11. The van der Waals surface area contributed by atoms with Crippen molar-refractivity contribution in [3.05, 3.63) is 40.5 Å². The Hall–Kier alpha value is -1.79. The van der Waals surface area contributed by atoms with Gasteiger partial charge in [-0.25, -0.2) is 0 Å². The van der Waals surface area contributed by atoms with Crippen molar-refractivity contribution in [1.29, 1.82) is 5.26 Å². The minimum Gasteiger partial charge on any atom is -0.318 e. The second-order valence-corrected chi connectivity index (χ2v) is 3.34. The van der Waals surface area contributed by atoms with Gasteiger partial charge < -0.3 is 5.32 Å². The van der Waals surface area contributed by atoms with Crippen LogP contribution in [0.25, 0.3) is 6.08 Å². The van der Waals surface area contributed by atoms with Gasteiger partial charge in [0.1, 0.15) is 11.8 Å². The van der Waals surface area contributed by atoms with E-state index in [0.717, 1.165) is 5.56 Å². The number of hydrogen-bond donors (Lipinski definition) is 1. The second kappa shape index (κ2) is 5.18. The molecular weight excluding hydrogens is 212 g/mol. The number of amides is 1. The van der Waals surface area contributed by atoms with Gasteiger partial charge in [-0.05, 0) is 23.8 Å². The summed E-state index contributed by atoms with van der Waals surface area (Å²) in [6, 6.07) is 8.86. The molecule has 0 aliphatic heterocycles. The summed E-state index contributed by atoms with van der Waals surface area (Å²) in [4.78, 5) is 10.7. The number of rotatable bonds is 2. The minimum absolute atomic E-state index is 0.213. The third-order valence-electron chi connectivity index (χ3n) is 1.61. The smallest absolute Gasteiger partial charge is 0.221 e. The Labute approximate surface area is 93.0 Å². The van der Waals surface area contributed by atoms with E-state index >= 15 is 0 Å². The van der Waals surface area contributed by atoms with Crippen LogP contribution in [-0.2, 0) is 4.79 Å². The Morgan fingerprint density at radius 3 is 2.53 bits per heavy atom. The molecule has 0 spiro atoms. The Morgan fingerprint density at radius 1 is 1.47 bits per heavy atom. The molecule has 0 radical (unpaired) electrons. The van der Waals surface area contributed by atoms with Crippen molar-refractivity contribution in [2.24, 2.45) is 0 Å². The fourth-order valence-corrected chi connectivity index (χ4v) is 1.14. The third-order valence-corrected chi connectivity index (χ3v) is 1.86. The van der Waals surface area contributed by atoms with Gasteiger partial charge in [0.25, 0.3) is 0 Å². The monoisotopic (exact) mass is 220 g/mol. The van der Waals surface area contributed by atoms with E-state index in [-0.39, 0.29) is 11.6 Å². The molecule has 1 N–H and O–H groups in total. The highest BCUT2D eigenvalue weighted by Crippen LogP contribution is 2.11. The average Bonchev–Trinajstić information content (AvgIpc) is 2.19. The SMILES string of the molecule is CC(=O)N/C(C#N)=C/c1ccc(Cl)cc1. The van der Waals surface area contributed by atoms with Crippen LogP contribution >= 0.6 is 11.6 Å². The molecule has 0 aliphatic carbocycles. The molecule has 0 heterocycles. The first-order valence-corrected chi connectivity index (χ1v) is 4.64. The topological polar surface area (TPSA) is 52.9 Å². The highest BCUT2D eigenvalue weighted by Gasteiger charge is 1.98. The van der Waals surface area contributed by atoms with Crippen molar-refractivity contribution < 1.29 is 4.79 Å². The molecule has 0 bridgehead atoms. The van der Waals surface area contributed by atoms with E-state index in [0.29, 0.717) is 5.02 Å². The highest BCUT2D eigenvalue weighted by molar-refractivity contribution is 6.30. The van der Waals surface area contributed by atoms with E-state index in [2.05, 4.69) is 5.32 Å². The van der Waals surface area contributed by atoms with Crippen molar-refractivity contribution in [2.75, 3.05) is 0 Å². The predicted molar refractivity (Wildman–Crippen MR) is 58.9 cm³/mol. The van der Waals surface area contributed by atoms with Crippen molar-refractivity contribution >= 4 is 23.6 Å². The van der Waals surface area contributed by atoms with Gasteiger partial charge >= 0.3 is 0 Å². The maximum atomic E-state index is 10.7. The Kier molecular flexibility index (Phi) is 3.90. The van der Waals surface area contributed by atoms with Gasteiger partial charge in [-0.2, -0.15) is 5.26 Å². The van der Waals surface area contributed by atoms with Gasteiger partial charge in [0.2, 0.25) is 5.91 Å². The fraction of sp³-hybridized carbons (Fsp3) is 0.0909. The normalized spacial score (nSPS) is 10.6.